The van der Waals surface area contributed by atoms with E-state index in [9.17, 15) is 4.79 Å². The van der Waals surface area contributed by atoms with Gasteiger partial charge in [0.25, 0.3) is 0 Å². The Morgan fingerprint density at radius 2 is 1.84 bits per heavy atom. The average Bonchev–Trinajstić information content (AvgIpc) is 3.33. The maximum Gasteiger partial charge on any atom is 0.322 e. The van der Waals surface area contributed by atoms with E-state index in [0.717, 1.165) is 11.6 Å². The van der Waals surface area contributed by atoms with Crippen molar-refractivity contribution in [1.82, 2.24) is 24.4 Å². The number of carbonyl (C=O) groups excluding carboxylic acids is 1. The number of benzene rings is 1. The highest BCUT2D eigenvalue weighted by molar-refractivity contribution is 5.91. The number of nitrogens with zero attached hydrogens (tertiary/aromatic N) is 6. The van der Waals surface area contributed by atoms with Gasteiger partial charge in [0.2, 0.25) is 0 Å². The second-order valence-corrected chi connectivity index (χ2v) is 7.05. The van der Waals surface area contributed by atoms with Crippen molar-refractivity contribution >= 4 is 17.5 Å². The molecule has 1 aliphatic rings. The van der Waals surface area contributed by atoms with Crippen molar-refractivity contribution in [2.75, 3.05) is 50.6 Å². The zero-order chi connectivity index (χ0) is 21.8. The summed E-state index contributed by atoms with van der Waals surface area (Å²) in [5.74, 6) is 3.36. The van der Waals surface area contributed by atoms with Gasteiger partial charge in [-0.05, 0) is 19.1 Å². The maximum absolute atomic E-state index is 12.8. The van der Waals surface area contributed by atoms with Crippen molar-refractivity contribution in [2.24, 2.45) is 0 Å². The number of aromatic nitrogens is 4. The maximum atomic E-state index is 12.8. The fraction of sp³-hybridized carbons (Fsp3) is 0.333. The number of aryl methyl sites for hydroxylation is 1. The molecule has 1 saturated heterocycles. The lowest BCUT2D eigenvalue weighted by Crippen LogP contribution is -2.50. The van der Waals surface area contributed by atoms with Crippen LogP contribution >= 0.6 is 0 Å². The lowest BCUT2D eigenvalue weighted by molar-refractivity contribution is 0.208. The Balaban J connectivity index is 1.42. The van der Waals surface area contributed by atoms with Crippen molar-refractivity contribution in [3.8, 4) is 17.3 Å². The zero-order valence-corrected chi connectivity index (χ0v) is 17.8. The predicted molar refractivity (Wildman–Crippen MR) is 116 cm³/mol. The number of hydrogen-bond acceptors (Lipinski definition) is 7. The van der Waals surface area contributed by atoms with Gasteiger partial charge in [-0.25, -0.2) is 19.7 Å². The topological polar surface area (TPSA) is 97.6 Å². The molecule has 2 amide bonds. The number of anilines is 2. The molecule has 3 aromatic rings. The first kappa shape index (κ1) is 20.5. The Bertz CT molecular complexity index is 1050. The van der Waals surface area contributed by atoms with Gasteiger partial charge in [-0.15, -0.1) is 0 Å². The molecule has 1 N–H and O–H groups in total. The Morgan fingerprint density at radius 3 is 2.52 bits per heavy atom. The van der Waals surface area contributed by atoms with Crippen LogP contribution in [-0.2, 0) is 0 Å². The highest BCUT2D eigenvalue weighted by Gasteiger charge is 2.24. The quantitative estimate of drug-likeness (QED) is 0.673. The number of rotatable bonds is 5. The number of para-hydroxylation sites is 1. The van der Waals surface area contributed by atoms with Crippen LogP contribution in [0, 0.1) is 6.92 Å². The Morgan fingerprint density at radius 1 is 1.06 bits per heavy atom. The van der Waals surface area contributed by atoms with Gasteiger partial charge in [-0.1, -0.05) is 6.07 Å². The van der Waals surface area contributed by atoms with Gasteiger partial charge < -0.3 is 24.6 Å². The molecular weight excluding hydrogens is 398 g/mol. The molecule has 2 aromatic heterocycles. The summed E-state index contributed by atoms with van der Waals surface area (Å²) in [4.78, 5) is 29.9. The predicted octanol–water partition coefficient (Wildman–Crippen LogP) is 2.34. The summed E-state index contributed by atoms with van der Waals surface area (Å²) >= 11 is 0. The van der Waals surface area contributed by atoms with E-state index in [1.807, 2.05) is 29.8 Å². The van der Waals surface area contributed by atoms with Crippen molar-refractivity contribution in [1.29, 1.82) is 0 Å². The van der Waals surface area contributed by atoms with Crippen molar-refractivity contribution in [3.05, 3.63) is 48.8 Å². The fourth-order valence-corrected chi connectivity index (χ4v) is 3.54. The summed E-state index contributed by atoms with van der Waals surface area (Å²) < 4.78 is 12.5. The molecule has 4 rings (SSSR count). The molecule has 162 valence electrons. The van der Waals surface area contributed by atoms with Gasteiger partial charge in [0.15, 0.2) is 11.5 Å². The second kappa shape index (κ2) is 8.90. The van der Waals surface area contributed by atoms with Gasteiger partial charge in [0, 0.05) is 44.6 Å². The summed E-state index contributed by atoms with van der Waals surface area (Å²) in [6, 6.07) is 7.14. The molecule has 0 aliphatic carbocycles. The summed E-state index contributed by atoms with van der Waals surface area (Å²) in [6.07, 6.45) is 5.27. The number of imidazole rings is 1. The molecular formula is C21H25N7O3. The van der Waals surface area contributed by atoms with E-state index in [4.69, 9.17) is 9.47 Å². The third-order valence-electron chi connectivity index (χ3n) is 5.12. The van der Waals surface area contributed by atoms with E-state index >= 15 is 0 Å². The molecule has 1 aliphatic heterocycles. The Hall–Kier alpha value is -3.82. The van der Waals surface area contributed by atoms with Crippen molar-refractivity contribution < 1.29 is 14.3 Å². The van der Waals surface area contributed by atoms with E-state index in [0.29, 0.717) is 49.2 Å². The number of methoxy groups -OCH3 is 2. The van der Waals surface area contributed by atoms with E-state index < -0.39 is 0 Å². The minimum Gasteiger partial charge on any atom is -0.493 e. The highest BCUT2D eigenvalue weighted by atomic mass is 16.5. The van der Waals surface area contributed by atoms with Crippen LogP contribution < -0.4 is 19.7 Å². The molecule has 1 fully saturated rings. The summed E-state index contributed by atoms with van der Waals surface area (Å²) in [5, 5.41) is 2.92. The largest absolute Gasteiger partial charge is 0.493 e. The molecule has 0 saturated carbocycles. The Kier molecular flexibility index (Phi) is 5.87. The molecule has 3 heterocycles. The lowest BCUT2D eigenvalue weighted by atomic mass is 10.2. The number of ether oxygens (including phenoxy) is 2. The molecule has 0 unspecified atom stereocenters. The Labute approximate surface area is 180 Å². The SMILES string of the molecule is COc1cccc(NC(=O)N2CCN(c3cc(-n4ccnc4)nc(C)n3)CC2)c1OC. The number of urea groups is 1. The van der Waals surface area contributed by atoms with Gasteiger partial charge >= 0.3 is 6.03 Å². The van der Waals surface area contributed by atoms with Crippen LogP contribution in [0.25, 0.3) is 5.82 Å². The first-order valence-electron chi connectivity index (χ1n) is 9.95. The molecule has 0 spiro atoms. The molecule has 10 heteroatoms. The molecule has 1 aromatic carbocycles. The highest BCUT2D eigenvalue weighted by Crippen LogP contribution is 2.34. The van der Waals surface area contributed by atoms with E-state index in [-0.39, 0.29) is 6.03 Å². The van der Waals surface area contributed by atoms with Crippen LogP contribution in [0.3, 0.4) is 0 Å². The number of piperazine rings is 1. The van der Waals surface area contributed by atoms with Gasteiger partial charge in [-0.2, -0.15) is 0 Å². The third-order valence-corrected chi connectivity index (χ3v) is 5.12. The first-order chi connectivity index (χ1) is 15.1. The smallest absolute Gasteiger partial charge is 0.322 e. The second-order valence-electron chi connectivity index (χ2n) is 7.05. The zero-order valence-electron chi connectivity index (χ0n) is 17.8. The lowest BCUT2D eigenvalue weighted by Gasteiger charge is -2.35. The molecule has 0 atom stereocenters. The van der Waals surface area contributed by atoms with Gasteiger partial charge in [-0.3, -0.25) is 4.57 Å². The molecule has 31 heavy (non-hydrogen) atoms. The summed E-state index contributed by atoms with van der Waals surface area (Å²) in [6.45, 7) is 4.35. The monoisotopic (exact) mass is 423 g/mol. The van der Waals surface area contributed by atoms with Crippen LogP contribution in [0.15, 0.2) is 43.0 Å². The van der Waals surface area contributed by atoms with Crippen molar-refractivity contribution in [3.63, 3.8) is 0 Å². The van der Waals surface area contributed by atoms with E-state index in [1.54, 1.807) is 43.8 Å². The minimum atomic E-state index is -0.177. The number of amides is 2. The first-order valence-corrected chi connectivity index (χ1v) is 9.95. The number of carbonyl (C=O) groups is 1. The number of hydrogen-bond donors (Lipinski definition) is 1. The van der Waals surface area contributed by atoms with Gasteiger partial charge in [0.05, 0.1) is 19.9 Å². The van der Waals surface area contributed by atoms with Crippen molar-refractivity contribution in [2.45, 2.75) is 6.92 Å². The van der Waals surface area contributed by atoms with Crippen LogP contribution in [0.5, 0.6) is 11.5 Å². The van der Waals surface area contributed by atoms with Gasteiger partial charge in [0.1, 0.15) is 23.8 Å². The molecule has 10 nitrogen and oxygen atoms in total. The fourth-order valence-electron chi connectivity index (χ4n) is 3.54. The van der Waals surface area contributed by atoms with Crippen LogP contribution in [-0.4, -0.2) is 70.8 Å². The normalized spacial score (nSPS) is 13.8. The van der Waals surface area contributed by atoms with Crippen LogP contribution in [0.2, 0.25) is 0 Å². The standard InChI is InChI=1S/C21H25N7O3/c1-15-23-18(13-19(24-15)28-8-7-22-14-28)26-9-11-27(12-10-26)21(29)25-16-5-4-6-17(30-2)20(16)31-3/h4-8,13-14H,9-12H2,1-3H3,(H,25,29). The van der Waals surface area contributed by atoms with E-state index in [1.165, 1.54) is 0 Å². The van der Waals surface area contributed by atoms with Crippen LogP contribution in [0.4, 0.5) is 16.3 Å². The summed E-state index contributed by atoms with van der Waals surface area (Å²) in [7, 11) is 3.11. The summed E-state index contributed by atoms with van der Waals surface area (Å²) in [5.41, 5.74) is 0.575. The van der Waals surface area contributed by atoms with Crippen LogP contribution in [0.1, 0.15) is 5.82 Å². The third kappa shape index (κ3) is 4.37. The molecule has 0 bridgehead atoms. The van der Waals surface area contributed by atoms with E-state index in [2.05, 4.69) is 25.2 Å². The minimum absolute atomic E-state index is 0.177. The molecule has 0 radical (unpaired) electrons. The average molecular weight is 423 g/mol. The number of nitrogens with one attached hydrogen (secondary N) is 1.